The third-order valence-electron chi connectivity index (χ3n) is 4.90. The summed E-state index contributed by atoms with van der Waals surface area (Å²) in [6, 6.07) is 14.8. The molecule has 1 fully saturated rings. The monoisotopic (exact) mass is 413 g/mol. The summed E-state index contributed by atoms with van der Waals surface area (Å²) in [6.45, 7) is 1.05. The van der Waals surface area contributed by atoms with Crippen LogP contribution in [0.4, 0.5) is 0 Å². The number of carbonyl (C=O) groups is 2. The quantitative estimate of drug-likeness (QED) is 0.672. The highest BCUT2D eigenvalue weighted by atomic mass is 35.5. The van der Waals surface area contributed by atoms with E-state index in [9.17, 15) is 9.59 Å². The second kappa shape index (κ2) is 8.29. The van der Waals surface area contributed by atoms with E-state index in [1.165, 1.54) is 0 Å². The molecule has 1 atom stereocenters. The van der Waals surface area contributed by atoms with Gasteiger partial charge < -0.3 is 10.2 Å². The van der Waals surface area contributed by atoms with E-state index in [4.69, 9.17) is 16.6 Å². The number of carbonyl (C=O) groups excluding carboxylic acids is 2. The van der Waals surface area contributed by atoms with Crippen molar-refractivity contribution in [2.24, 2.45) is 0 Å². The third kappa shape index (κ3) is 4.03. The van der Waals surface area contributed by atoms with Crippen LogP contribution in [-0.2, 0) is 4.79 Å². The van der Waals surface area contributed by atoms with E-state index >= 15 is 0 Å². The van der Waals surface area contributed by atoms with Gasteiger partial charge in [0.05, 0.1) is 16.3 Å². The Labute approximate surface area is 172 Å². The van der Waals surface area contributed by atoms with Gasteiger partial charge in [0, 0.05) is 30.1 Å². The van der Waals surface area contributed by atoms with Gasteiger partial charge >= 0.3 is 0 Å². The van der Waals surface area contributed by atoms with Gasteiger partial charge in [0.1, 0.15) is 5.01 Å². The van der Waals surface area contributed by atoms with Crippen LogP contribution in [0.3, 0.4) is 0 Å². The van der Waals surface area contributed by atoms with Crippen molar-refractivity contribution in [1.82, 2.24) is 15.2 Å². The molecule has 2 aromatic carbocycles. The number of thiazole rings is 1. The maximum absolute atomic E-state index is 12.7. The van der Waals surface area contributed by atoms with Gasteiger partial charge in [0.25, 0.3) is 5.91 Å². The predicted octanol–water partition coefficient (Wildman–Crippen LogP) is 4.43. The van der Waals surface area contributed by atoms with Gasteiger partial charge in [-0.3, -0.25) is 9.59 Å². The fourth-order valence-electron chi connectivity index (χ4n) is 3.48. The van der Waals surface area contributed by atoms with Crippen molar-refractivity contribution >= 4 is 45.0 Å². The number of fused-ring (bicyclic) bond motifs is 1. The number of nitrogens with one attached hydrogen (secondary N) is 1. The van der Waals surface area contributed by atoms with Crippen LogP contribution in [0.25, 0.3) is 10.2 Å². The number of nitrogens with zero attached hydrogens (tertiary/aromatic N) is 2. The molecule has 7 heteroatoms. The Hall–Kier alpha value is -2.44. The fraction of sp³-hybridized carbons (Fsp3) is 0.286. The van der Waals surface area contributed by atoms with Gasteiger partial charge in [-0.1, -0.05) is 23.7 Å². The first-order valence-corrected chi connectivity index (χ1v) is 10.5. The minimum atomic E-state index is -0.200. The van der Waals surface area contributed by atoms with Crippen LogP contribution in [0.1, 0.15) is 40.7 Å². The first kappa shape index (κ1) is 18.9. The molecule has 1 N–H and O–H groups in total. The topological polar surface area (TPSA) is 62.3 Å². The minimum absolute atomic E-state index is 0.0388. The standard InChI is InChI=1S/C21H20ClN3O2S/c22-15-9-7-14(8-10-15)20(27)23-12-11-19(26)25-13-3-5-17(25)21-24-16-4-1-2-6-18(16)28-21/h1-2,4,6-10,17H,3,5,11-13H2,(H,23,27)/t17-/m0/s1. The van der Waals surface area contributed by atoms with Crippen molar-refractivity contribution in [1.29, 1.82) is 0 Å². The van der Waals surface area contributed by atoms with Gasteiger partial charge in [0.2, 0.25) is 5.91 Å². The third-order valence-corrected chi connectivity index (χ3v) is 6.29. The summed E-state index contributed by atoms with van der Waals surface area (Å²) in [6.07, 6.45) is 2.19. The van der Waals surface area contributed by atoms with Crippen molar-refractivity contribution < 1.29 is 9.59 Å². The van der Waals surface area contributed by atoms with Crippen molar-refractivity contribution in [3.05, 3.63) is 64.1 Å². The number of halogens is 1. The van der Waals surface area contributed by atoms with E-state index in [1.807, 2.05) is 23.1 Å². The Morgan fingerprint density at radius 1 is 1.18 bits per heavy atom. The van der Waals surface area contributed by atoms with Gasteiger partial charge in [-0.2, -0.15) is 0 Å². The first-order valence-electron chi connectivity index (χ1n) is 9.30. The molecule has 0 aliphatic carbocycles. The first-order chi connectivity index (χ1) is 13.6. The number of rotatable bonds is 5. The maximum Gasteiger partial charge on any atom is 0.251 e. The predicted molar refractivity (Wildman–Crippen MR) is 112 cm³/mol. The molecule has 0 radical (unpaired) electrons. The molecular formula is C21H20ClN3O2S. The molecule has 0 spiro atoms. The lowest BCUT2D eigenvalue weighted by atomic mass is 10.2. The van der Waals surface area contributed by atoms with Crippen LogP contribution in [0, 0.1) is 0 Å². The van der Waals surface area contributed by atoms with E-state index in [2.05, 4.69) is 11.4 Å². The van der Waals surface area contributed by atoms with Crippen molar-refractivity contribution in [2.45, 2.75) is 25.3 Å². The van der Waals surface area contributed by atoms with E-state index in [0.29, 0.717) is 17.1 Å². The molecule has 1 aromatic heterocycles. The zero-order valence-corrected chi connectivity index (χ0v) is 16.8. The average Bonchev–Trinajstić information content (AvgIpc) is 3.35. The lowest BCUT2D eigenvalue weighted by Gasteiger charge is -2.23. The molecule has 1 aliphatic rings. The molecule has 2 heterocycles. The summed E-state index contributed by atoms with van der Waals surface area (Å²) in [5, 5.41) is 4.39. The number of hydrogen-bond donors (Lipinski definition) is 1. The Morgan fingerprint density at radius 2 is 1.96 bits per heavy atom. The van der Waals surface area contributed by atoms with Crippen molar-refractivity contribution in [3.8, 4) is 0 Å². The molecule has 4 rings (SSSR count). The van der Waals surface area contributed by atoms with Crippen LogP contribution in [0.2, 0.25) is 5.02 Å². The SMILES string of the molecule is O=C(NCCC(=O)N1CCC[C@H]1c1nc2ccccc2s1)c1ccc(Cl)cc1. The van der Waals surface area contributed by atoms with Crippen LogP contribution >= 0.6 is 22.9 Å². The van der Waals surface area contributed by atoms with Gasteiger partial charge in [-0.15, -0.1) is 11.3 Å². The molecule has 0 unspecified atom stereocenters. The molecule has 1 saturated heterocycles. The molecule has 28 heavy (non-hydrogen) atoms. The molecule has 1 aliphatic heterocycles. The summed E-state index contributed by atoms with van der Waals surface area (Å²) >= 11 is 7.50. The second-order valence-electron chi connectivity index (χ2n) is 6.78. The van der Waals surface area contributed by atoms with Crippen LogP contribution in [-0.4, -0.2) is 34.8 Å². The Kier molecular flexibility index (Phi) is 5.59. The van der Waals surface area contributed by atoms with E-state index < -0.39 is 0 Å². The molecular weight excluding hydrogens is 394 g/mol. The summed E-state index contributed by atoms with van der Waals surface area (Å²) in [5.74, 6) is -0.147. The molecule has 3 aromatic rings. The normalized spacial score (nSPS) is 16.5. The fourth-order valence-corrected chi connectivity index (χ4v) is 4.73. The highest BCUT2D eigenvalue weighted by Gasteiger charge is 2.31. The lowest BCUT2D eigenvalue weighted by Crippen LogP contribution is -2.34. The Bertz CT molecular complexity index is 969. The second-order valence-corrected chi connectivity index (χ2v) is 8.28. The number of para-hydroxylation sites is 1. The van der Waals surface area contributed by atoms with Crippen molar-refractivity contribution in [3.63, 3.8) is 0 Å². The van der Waals surface area contributed by atoms with Crippen LogP contribution in [0.5, 0.6) is 0 Å². The van der Waals surface area contributed by atoms with Gasteiger partial charge in [-0.05, 0) is 49.2 Å². The Morgan fingerprint density at radius 3 is 2.75 bits per heavy atom. The van der Waals surface area contributed by atoms with Gasteiger partial charge in [0.15, 0.2) is 0 Å². The van der Waals surface area contributed by atoms with Gasteiger partial charge in [-0.25, -0.2) is 4.98 Å². The number of hydrogen-bond acceptors (Lipinski definition) is 4. The summed E-state index contributed by atoms with van der Waals surface area (Å²) in [4.78, 5) is 31.5. The minimum Gasteiger partial charge on any atom is -0.352 e. The highest BCUT2D eigenvalue weighted by Crippen LogP contribution is 2.36. The van der Waals surface area contributed by atoms with E-state index in [0.717, 1.165) is 34.6 Å². The largest absolute Gasteiger partial charge is 0.352 e. The summed E-state index contributed by atoms with van der Waals surface area (Å²) in [5.41, 5.74) is 1.52. The Balaban J connectivity index is 1.35. The summed E-state index contributed by atoms with van der Waals surface area (Å²) in [7, 11) is 0. The highest BCUT2D eigenvalue weighted by molar-refractivity contribution is 7.18. The molecule has 2 amide bonds. The van der Waals surface area contributed by atoms with Crippen molar-refractivity contribution in [2.75, 3.05) is 13.1 Å². The zero-order chi connectivity index (χ0) is 19.5. The van der Waals surface area contributed by atoms with E-state index in [-0.39, 0.29) is 24.3 Å². The number of amides is 2. The zero-order valence-electron chi connectivity index (χ0n) is 15.2. The van der Waals surface area contributed by atoms with Crippen LogP contribution in [0.15, 0.2) is 48.5 Å². The van der Waals surface area contributed by atoms with Crippen LogP contribution < -0.4 is 5.32 Å². The molecule has 5 nitrogen and oxygen atoms in total. The lowest BCUT2D eigenvalue weighted by molar-refractivity contribution is -0.132. The maximum atomic E-state index is 12.7. The summed E-state index contributed by atoms with van der Waals surface area (Å²) < 4.78 is 1.15. The average molecular weight is 414 g/mol. The van der Waals surface area contributed by atoms with E-state index in [1.54, 1.807) is 35.6 Å². The number of likely N-dealkylation sites (tertiary alicyclic amines) is 1. The molecule has 144 valence electrons. The molecule has 0 bridgehead atoms. The number of benzene rings is 2. The molecule has 0 saturated carbocycles. The number of aromatic nitrogens is 1. The smallest absolute Gasteiger partial charge is 0.251 e.